The SMILES string of the molecule is c1ccc(Oc2cccc(-n3cnc4cc(OCCN5CCOCC5)ccc43)n2)cc1. The highest BCUT2D eigenvalue weighted by atomic mass is 16.5. The van der Waals surface area contributed by atoms with E-state index in [4.69, 9.17) is 14.2 Å². The quantitative estimate of drug-likeness (QED) is 0.455. The van der Waals surface area contributed by atoms with E-state index in [-0.39, 0.29) is 0 Å². The summed E-state index contributed by atoms with van der Waals surface area (Å²) in [6.45, 7) is 5.07. The molecule has 31 heavy (non-hydrogen) atoms. The van der Waals surface area contributed by atoms with Crippen molar-refractivity contribution in [1.29, 1.82) is 0 Å². The number of hydrogen-bond acceptors (Lipinski definition) is 6. The summed E-state index contributed by atoms with van der Waals surface area (Å²) in [5, 5.41) is 0. The number of hydrogen-bond donors (Lipinski definition) is 0. The summed E-state index contributed by atoms with van der Waals surface area (Å²) in [5.74, 6) is 2.85. The lowest BCUT2D eigenvalue weighted by molar-refractivity contribution is 0.0322. The van der Waals surface area contributed by atoms with Crippen LogP contribution in [-0.4, -0.2) is 58.9 Å². The Kier molecular flexibility index (Phi) is 5.77. The van der Waals surface area contributed by atoms with Gasteiger partial charge in [0.1, 0.15) is 30.3 Å². The van der Waals surface area contributed by atoms with Crippen molar-refractivity contribution in [3.05, 3.63) is 73.1 Å². The lowest BCUT2D eigenvalue weighted by Crippen LogP contribution is -2.38. The van der Waals surface area contributed by atoms with Crippen LogP contribution in [0.5, 0.6) is 17.4 Å². The third-order valence-corrected chi connectivity index (χ3v) is 5.22. The first-order chi connectivity index (χ1) is 15.3. The highest BCUT2D eigenvalue weighted by molar-refractivity contribution is 5.78. The van der Waals surface area contributed by atoms with E-state index < -0.39 is 0 Å². The van der Waals surface area contributed by atoms with Gasteiger partial charge >= 0.3 is 0 Å². The predicted octanol–water partition coefficient (Wildman–Crippen LogP) is 3.92. The molecule has 158 valence electrons. The predicted molar refractivity (Wildman–Crippen MR) is 118 cm³/mol. The van der Waals surface area contributed by atoms with Gasteiger partial charge in [-0.1, -0.05) is 24.3 Å². The summed E-state index contributed by atoms with van der Waals surface area (Å²) in [7, 11) is 0. The average Bonchev–Trinajstić information content (AvgIpc) is 3.24. The van der Waals surface area contributed by atoms with Gasteiger partial charge in [-0.3, -0.25) is 9.47 Å². The fourth-order valence-corrected chi connectivity index (χ4v) is 3.59. The van der Waals surface area contributed by atoms with E-state index >= 15 is 0 Å². The summed E-state index contributed by atoms with van der Waals surface area (Å²) in [6.07, 6.45) is 1.77. The van der Waals surface area contributed by atoms with Crippen LogP contribution in [0.2, 0.25) is 0 Å². The molecule has 4 aromatic rings. The smallest absolute Gasteiger partial charge is 0.221 e. The average molecular weight is 416 g/mol. The van der Waals surface area contributed by atoms with Crippen molar-refractivity contribution < 1.29 is 14.2 Å². The first-order valence-corrected chi connectivity index (χ1v) is 10.5. The molecule has 0 saturated carbocycles. The van der Waals surface area contributed by atoms with E-state index in [1.807, 2.05) is 71.3 Å². The molecular weight excluding hydrogens is 392 g/mol. The normalized spacial score (nSPS) is 14.6. The van der Waals surface area contributed by atoms with Crippen LogP contribution in [0.15, 0.2) is 73.1 Å². The van der Waals surface area contributed by atoms with E-state index in [0.29, 0.717) is 12.5 Å². The number of imidazole rings is 1. The summed E-state index contributed by atoms with van der Waals surface area (Å²) in [6, 6.07) is 21.3. The van der Waals surface area contributed by atoms with Gasteiger partial charge in [-0.2, -0.15) is 4.98 Å². The van der Waals surface area contributed by atoms with Gasteiger partial charge in [0.2, 0.25) is 5.88 Å². The van der Waals surface area contributed by atoms with E-state index in [0.717, 1.165) is 61.2 Å². The molecule has 0 aliphatic carbocycles. The molecule has 0 radical (unpaired) electrons. The lowest BCUT2D eigenvalue weighted by Gasteiger charge is -2.26. The van der Waals surface area contributed by atoms with Crippen molar-refractivity contribution >= 4 is 11.0 Å². The van der Waals surface area contributed by atoms with Gasteiger partial charge in [0.25, 0.3) is 0 Å². The molecule has 1 aliphatic heterocycles. The molecule has 5 rings (SSSR count). The summed E-state index contributed by atoms with van der Waals surface area (Å²) in [5.41, 5.74) is 1.82. The molecule has 0 N–H and O–H groups in total. The maximum Gasteiger partial charge on any atom is 0.221 e. The van der Waals surface area contributed by atoms with E-state index in [1.54, 1.807) is 6.33 Å². The first kappa shape index (κ1) is 19.5. The minimum atomic E-state index is 0.536. The molecular formula is C24H24N4O3. The Balaban J connectivity index is 1.29. The van der Waals surface area contributed by atoms with Crippen LogP contribution in [0, 0.1) is 0 Å². The molecule has 1 aliphatic rings. The molecule has 0 unspecified atom stereocenters. The molecule has 3 heterocycles. The third kappa shape index (κ3) is 4.68. The fourth-order valence-electron chi connectivity index (χ4n) is 3.59. The molecule has 7 nitrogen and oxygen atoms in total. The topological polar surface area (TPSA) is 61.6 Å². The van der Waals surface area contributed by atoms with E-state index in [1.165, 1.54) is 0 Å². The van der Waals surface area contributed by atoms with Gasteiger partial charge in [0, 0.05) is 31.8 Å². The minimum Gasteiger partial charge on any atom is -0.492 e. The lowest BCUT2D eigenvalue weighted by atomic mass is 10.3. The van der Waals surface area contributed by atoms with Crippen molar-refractivity contribution in [3.8, 4) is 23.2 Å². The van der Waals surface area contributed by atoms with Gasteiger partial charge in [-0.25, -0.2) is 4.98 Å². The number of para-hydroxylation sites is 1. The van der Waals surface area contributed by atoms with Crippen LogP contribution >= 0.6 is 0 Å². The molecule has 0 spiro atoms. The second-order valence-corrected chi connectivity index (χ2v) is 7.32. The van der Waals surface area contributed by atoms with Gasteiger partial charge in [-0.05, 0) is 30.3 Å². The minimum absolute atomic E-state index is 0.536. The summed E-state index contributed by atoms with van der Waals surface area (Å²) >= 11 is 0. The van der Waals surface area contributed by atoms with Crippen molar-refractivity contribution in [2.75, 3.05) is 39.5 Å². The number of pyridine rings is 1. The van der Waals surface area contributed by atoms with Crippen LogP contribution in [0.25, 0.3) is 16.9 Å². The molecule has 2 aromatic heterocycles. The van der Waals surface area contributed by atoms with Crippen LogP contribution < -0.4 is 9.47 Å². The standard InChI is InChI=1S/C24H24N4O3/c1-2-5-19(6-3-1)31-24-8-4-7-23(26-24)28-18-25-21-17-20(9-10-22(21)28)30-16-13-27-11-14-29-15-12-27/h1-10,17-18H,11-16H2. The number of rotatable bonds is 7. The molecule has 0 atom stereocenters. The zero-order valence-electron chi connectivity index (χ0n) is 17.2. The van der Waals surface area contributed by atoms with Gasteiger partial charge < -0.3 is 14.2 Å². The monoisotopic (exact) mass is 416 g/mol. The molecule has 0 bridgehead atoms. The summed E-state index contributed by atoms with van der Waals surface area (Å²) in [4.78, 5) is 11.5. The number of fused-ring (bicyclic) bond motifs is 1. The molecule has 1 saturated heterocycles. The van der Waals surface area contributed by atoms with Crippen molar-refractivity contribution in [2.24, 2.45) is 0 Å². The highest BCUT2D eigenvalue weighted by Gasteiger charge is 2.11. The second kappa shape index (κ2) is 9.16. The Labute approximate surface area is 180 Å². The Hall–Kier alpha value is -3.42. The van der Waals surface area contributed by atoms with Crippen LogP contribution in [-0.2, 0) is 4.74 Å². The zero-order valence-corrected chi connectivity index (χ0v) is 17.2. The van der Waals surface area contributed by atoms with Crippen LogP contribution in [0.1, 0.15) is 0 Å². The fraction of sp³-hybridized carbons (Fsp3) is 0.250. The van der Waals surface area contributed by atoms with E-state index in [9.17, 15) is 0 Å². The second-order valence-electron chi connectivity index (χ2n) is 7.32. The maximum atomic E-state index is 5.95. The van der Waals surface area contributed by atoms with Crippen LogP contribution in [0.4, 0.5) is 0 Å². The Morgan fingerprint density at radius 1 is 0.903 bits per heavy atom. The number of nitrogens with zero attached hydrogens (tertiary/aromatic N) is 4. The molecule has 7 heteroatoms. The zero-order chi connectivity index (χ0) is 20.9. The molecule has 1 fully saturated rings. The van der Waals surface area contributed by atoms with Crippen molar-refractivity contribution in [3.63, 3.8) is 0 Å². The van der Waals surface area contributed by atoms with E-state index in [2.05, 4.69) is 14.9 Å². The number of ether oxygens (including phenoxy) is 3. The first-order valence-electron chi connectivity index (χ1n) is 10.5. The molecule has 0 amide bonds. The summed E-state index contributed by atoms with van der Waals surface area (Å²) < 4.78 is 19.1. The Bertz CT molecular complexity index is 1140. The van der Waals surface area contributed by atoms with Gasteiger partial charge in [-0.15, -0.1) is 0 Å². The van der Waals surface area contributed by atoms with Crippen molar-refractivity contribution in [2.45, 2.75) is 0 Å². The van der Waals surface area contributed by atoms with Gasteiger partial charge in [0.15, 0.2) is 0 Å². The Morgan fingerprint density at radius 2 is 1.77 bits per heavy atom. The number of benzene rings is 2. The highest BCUT2D eigenvalue weighted by Crippen LogP contribution is 2.24. The van der Waals surface area contributed by atoms with Crippen LogP contribution in [0.3, 0.4) is 0 Å². The molecule has 2 aromatic carbocycles. The largest absolute Gasteiger partial charge is 0.492 e. The van der Waals surface area contributed by atoms with Gasteiger partial charge in [0.05, 0.1) is 24.2 Å². The number of morpholine rings is 1. The number of aromatic nitrogens is 3. The Morgan fingerprint density at radius 3 is 2.65 bits per heavy atom. The van der Waals surface area contributed by atoms with Crippen molar-refractivity contribution in [1.82, 2.24) is 19.4 Å². The third-order valence-electron chi connectivity index (χ3n) is 5.22. The maximum absolute atomic E-state index is 5.95.